The highest BCUT2D eigenvalue weighted by Crippen LogP contribution is 2.32. The molecule has 31 nitrogen and oxygen atoms in total. The molecule has 0 radical (unpaired) electrons. The van der Waals surface area contributed by atoms with E-state index in [4.69, 9.17) is 16.2 Å². The fourth-order valence-electron chi connectivity index (χ4n) is 14.7. The van der Waals surface area contributed by atoms with Crippen molar-refractivity contribution in [1.82, 2.24) is 41.7 Å². The van der Waals surface area contributed by atoms with Crippen molar-refractivity contribution in [2.75, 3.05) is 51.3 Å². The predicted octanol–water partition coefficient (Wildman–Crippen LogP) is 1.20. The third-order valence-corrected chi connectivity index (χ3v) is 22.1. The van der Waals surface area contributed by atoms with E-state index in [9.17, 15) is 88.8 Å². The van der Waals surface area contributed by atoms with Crippen LogP contribution in [0.3, 0.4) is 0 Å². The Labute approximate surface area is 661 Å². The lowest BCUT2D eigenvalue weighted by molar-refractivity contribution is -0.150. The van der Waals surface area contributed by atoms with Crippen LogP contribution in [0.2, 0.25) is 0 Å². The molecule has 112 heavy (non-hydrogen) atoms. The number of fused-ring (bicyclic) bond motifs is 2. The second-order valence-corrected chi connectivity index (χ2v) is 32.2. The number of unbranched alkanes of at least 4 members (excludes halogenated alkanes) is 5. The number of ketones is 3. The largest absolute Gasteiger partial charge is 0.508 e. The Hall–Kier alpha value is -7.37. The van der Waals surface area contributed by atoms with Gasteiger partial charge in [0.1, 0.15) is 48.1 Å². The van der Waals surface area contributed by atoms with E-state index >= 15 is 9.59 Å². The number of aliphatic hydroxyl groups excluding tert-OH is 7. The van der Waals surface area contributed by atoms with Gasteiger partial charge in [0, 0.05) is 89.0 Å². The van der Waals surface area contributed by atoms with Crippen LogP contribution in [-0.2, 0) is 68.7 Å². The smallest absolute Gasteiger partial charge is 0.248 e. The molecular weight excluding hydrogens is 1470 g/mol. The lowest BCUT2D eigenvalue weighted by Gasteiger charge is -2.34. The van der Waals surface area contributed by atoms with Crippen LogP contribution in [-0.4, -0.2) is 252 Å². The maximum atomic E-state index is 15.4. The minimum Gasteiger partial charge on any atom is -0.508 e. The normalized spacial score (nSPS) is 24.4. The molecule has 8 amide bonds. The summed E-state index contributed by atoms with van der Waals surface area (Å²) in [5.41, 5.74) is 12.8. The number of hydrogen-bond donors (Lipinski definition) is 16. The predicted molar refractivity (Wildman–Crippen MR) is 417 cm³/mol. The molecule has 0 bridgehead atoms. The first-order valence-electron chi connectivity index (χ1n) is 39.8. The number of nitrogens with one attached hydrogen (secondary N) is 6. The Kier molecular flexibility index (Phi) is 41.4. The quantitative estimate of drug-likeness (QED) is 0.0328. The Morgan fingerprint density at radius 1 is 0.732 bits per heavy atom. The maximum Gasteiger partial charge on any atom is 0.248 e. The molecule has 18 N–H and O–H groups in total. The standard InChI is InChI=1S/C80H126N10O21S/c1-8-47(4)37-48(5)18-14-11-9-10-12-17-21-56(94)39-54-41-66(100)78(111-34-30-81)88-77(108)69-63(97)27-32-89(69)80(110)68(87-75(106)58(71(102)70(101)51-22-24-55(93)25-23-51)43-65(99)61-42-57(95)45-90(61)79(109)67(49(6)92)86-74(54)105)62(96)26-31-83-76(107)59(82)44-84-72(103)53(38-50-19-15-13-16-20-50)40-64(98)60(36-46(2)3)85-73(104)52(28-33-91)29-35-112-7/h13,15-16,19-20,22-25,33,46-49,52-54,57-63,66-71,78,92-93,95-97,100-102H,8-12,14,17-18,21,26-32,34-45,81-82H2,1-7H3,(H,83,107)(H,84,103)(H,85,104)(H,86,105)(H,87,106)(H,88,108)/t47-,48+,49+,52-,53+,54-,57+,58-,59-,60-,61-,62+,63-,66+,67-,68-,69-,70-,71-,78+/m0/s1. The summed E-state index contributed by atoms with van der Waals surface area (Å²) in [5, 5.41) is 108. The molecule has 2 aromatic carbocycles. The molecule has 0 aliphatic carbocycles. The Morgan fingerprint density at radius 3 is 2.04 bits per heavy atom. The van der Waals surface area contributed by atoms with E-state index in [1.807, 2.05) is 20.1 Å². The average molecular weight is 1600 g/mol. The van der Waals surface area contributed by atoms with Gasteiger partial charge in [0.2, 0.25) is 47.3 Å². The second-order valence-electron chi connectivity index (χ2n) is 31.2. The number of benzene rings is 2. The molecule has 0 unspecified atom stereocenters. The van der Waals surface area contributed by atoms with Gasteiger partial charge in [-0.25, -0.2) is 0 Å². The van der Waals surface area contributed by atoms with Gasteiger partial charge in [-0.2, -0.15) is 11.8 Å². The first-order valence-corrected chi connectivity index (χ1v) is 41.2. The molecule has 2 aromatic rings. The number of rotatable bonds is 43. The molecule has 3 heterocycles. The Balaban J connectivity index is 1.47. The number of phenols is 1. The van der Waals surface area contributed by atoms with Gasteiger partial charge in [-0.15, -0.1) is 0 Å². The summed E-state index contributed by atoms with van der Waals surface area (Å²) < 4.78 is 5.85. The SMILES string of the molecule is CC[C@H](C)C[C@H](C)CCCCCCCCC(=O)C[C@H]1C[C@@H](O)[C@@H](OCCN)NC(=O)[C@@H]2[C@@H](O)CCN2C(=O)[C@H]([C@H](O)CCNC(=O)[C@@H](N)CNC(=O)[C@@H](CC(=O)[C@H](CC(C)C)NC(=O)[C@@H](CC=O)CCSC)Cc2ccccc2)NC(=O)[C@H]([C@H](O)[C@@H](O)c2ccc(O)cc2)CC(=O)[C@@H]2C[C@@H](O)CN2C(=O)[C@H]([C@@H](C)O)NC1=O. The van der Waals surface area contributed by atoms with Gasteiger partial charge in [0.15, 0.2) is 17.8 Å². The molecule has 0 spiro atoms. The van der Waals surface area contributed by atoms with E-state index in [2.05, 4.69) is 52.7 Å². The summed E-state index contributed by atoms with van der Waals surface area (Å²) in [6.45, 7) is 8.97. The lowest BCUT2D eigenvalue weighted by atomic mass is 9.86. The van der Waals surface area contributed by atoms with Crippen LogP contribution in [0.5, 0.6) is 5.75 Å². The number of aliphatic hydroxyl groups is 7. The molecule has 0 saturated carbocycles. The number of aldehydes is 1. The Morgan fingerprint density at radius 2 is 1.39 bits per heavy atom. The van der Waals surface area contributed by atoms with E-state index in [1.165, 1.54) is 30.3 Å². The van der Waals surface area contributed by atoms with Gasteiger partial charge in [-0.05, 0) is 111 Å². The zero-order valence-corrected chi connectivity index (χ0v) is 66.9. The van der Waals surface area contributed by atoms with Crippen molar-refractivity contribution in [2.45, 2.75) is 262 Å². The van der Waals surface area contributed by atoms with E-state index in [-0.39, 0.29) is 68.9 Å². The van der Waals surface area contributed by atoms with Crippen molar-refractivity contribution in [1.29, 1.82) is 0 Å². The summed E-state index contributed by atoms with van der Waals surface area (Å²) in [6.07, 6.45) is -7.51. The fourth-order valence-corrected chi connectivity index (χ4v) is 15.3. The van der Waals surface area contributed by atoms with Crippen molar-refractivity contribution in [2.24, 2.45) is 52.9 Å². The summed E-state index contributed by atoms with van der Waals surface area (Å²) in [7, 11) is 0. The van der Waals surface area contributed by atoms with Crippen molar-refractivity contribution in [3.8, 4) is 5.75 Å². The van der Waals surface area contributed by atoms with Gasteiger partial charge in [0.25, 0.3) is 0 Å². The van der Waals surface area contributed by atoms with Gasteiger partial charge in [-0.3, -0.25) is 52.7 Å². The lowest BCUT2D eigenvalue weighted by Crippen LogP contribution is -2.61. The molecule has 3 aliphatic rings. The molecule has 3 saturated heterocycles. The number of ether oxygens (including phenoxy) is 1. The number of phenolic OH excluding ortho intramolecular Hbond substituents is 1. The topological polar surface area (TPSA) is 507 Å². The van der Waals surface area contributed by atoms with Gasteiger partial charge >= 0.3 is 0 Å². The molecule has 0 aromatic heterocycles. The van der Waals surface area contributed by atoms with Gasteiger partial charge < -0.3 is 104 Å². The number of thioether (sulfide) groups is 1. The first kappa shape index (κ1) is 95.2. The number of nitrogens with two attached hydrogens (primary N) is 2. The zero-order chi connectivity index (χ0) is 82.9. The van der Waals surface area contributed by atoms with E-state index in [1.54, 1.807) is 30.3 Å². The highest BCUT2D eigenvalue weighted by Gasteiger charge is 2.49. The monoisotopic (exact) mass is 1590 g/mol. The van der Waals surface area contributed by atoms with E-state index in [0.29, 0.717) is 48.7 Å². The summed E-state index contributed by atoms with van der Waals surface area (Å²) in [4.78, 5) is 173. The third-order valence-electron chi connectivity index (χ3n) is 21.4. The van der Waals surface area contributed by atoms with Gasteiger partial charge in [-0.1, -0.05) is 122 Å². The third kappa shape index (κ3) is 30.4. The fraction of sp³-hybridized carbons (Fsp3) is 0.700. The van der Waals surface area contributed by atoms with Crippen LogP contribution >= 0.6 is 11.8 Å². The summed E-state index contributed by atoms with van der Waals surface area (Å²) in [6, 6.07) is 3.22. The number of nitrogens with zero attached hydrogens (tertiary/aromatic N) is 2. The second kappa shape index (κ2) is 48.8. The number of Topliss-reactive ketones (excluding diaryl/α,β-unsaturated/α-hetero) is 3. The van der Waals surface area contributed by atoms with Crippen molar-refractivity contribution in [3.05, 3.63) is 65.7 Å². The van der Waals surface area contributed by atoms with Crippen LogP contribution in [0, 0.1) is 41.4 Å². The average Bonchev–Trinajstić information content (AvgIpc) is 1.63. The van der Waals surface area contributed by atoms with Crippen LogP contribution in [0.15, 0.2) is 54.6 Å². The van der Waals surface area contributed by atoms with Crippen LogP contribution in [0.25, 0.3) is 0 Å². The van der Waals surface area contributed by atoms with E-state index in [0.717, 1.165) is 67.4 Å². The van der Waals surface area contributed by atoms with Crippen molar-refractivity contribution >= 4 is 82.7 Å². The van der Waals surface area contributed by atoms with E-state index < -0.39 is 232 Å². The molecule has 3 aliphatic heterocycles. The molecular formula is C80H126N10O21S. The number of hydrogen-bond acceptors (Lipinski definition) is 24. The van der Waals surface area contributed by atoms with Crippen molar-refractivity contribution in [3.63, 3.8) is 0 Å². The van der Waals surface area contributed by atoms with Gasteiger partial charge in [0.05, 0.1) is 61.2 Å². The number of amides is 8. The molecule has 5 rings (SSSR count). The highest BCUT2D eigenvalue weighted by molar-refractivity contribution is 7.98. The van der Waals surface area contributed by atoms with Crippen molar-refractivity contribution < 1.29 is 103 Å². The number of carbonyl (C=O) groups excluding carboxylic acids is 12. The van der Waals surface area contributed by atoms with Crippen LogP contribution < -0.4 is 43.4 Å². The van der Waals surface area contributed by atoms with Crippen LogP contribution in [0.4, 0.5) is 0 Å². The summed E-state index contributed by atoms with van der Waals surface area (Å²) in [5.74, 6) is -13.8. The first-order chi connectivity index (χ1) is 53.2. The Bertz CT molecular complexity index is 3340. The number of carbonyl (C=O) groups is 12. The highest BCUT2D eigenvalue weighted by atomic mass is 32.2. The van der Waals surface area contributed by atoms with Crippen LogP contribution in [0.1, 0.15) is 187 Å². The molecule has 628 valence electrons. The zero-order valence-electron chi connectivity index (χ0n) is 66.0. The molecule has 32 heteroatoms. The molecule has 20 atom stereocenters. The number of aromatic hydroxyl groups is 1. The summed E-state index contributed by atoms with van der Waals surface area (Å²) >= 11 is 1.50. The minimum absolute atomic E-state index is 0.0201. The minimum atomic E-state index is -2.32. The maximum absolute atomic E-state index is 15.4. The molecule has 3 fully saturated rings.